The Kier molecular flexibility index (Phi) is 28.0. The third kappa shape index (κ3) is 21.5. The van der Waals surface area contributed by atoms with Crippen molar-refractivity contribution in [3.8, 4) is 0 Å². The predicted octanol–water partition coefficient (Wildman–Crippen LogP) is 6.55. The lowest BCUT2D eigenvalue weighted by Gasteiger charge is -2.40. The SMILES string of the molecule is CCCCCCCCCCCCCCCC/C=C/CC/C=C/CC/C=C/C(O)C(COC1OC(CO)C(O)C(O)C1O)NC(=O)CCC. The van der Waals surface area contributed by atoms with Gasteiger partial charge in [0.1, 0.15) is 24.4 Å². The molecule has 0 saturated carbocycles. The van der Waals surface area contributed by atoms with Gasteiger partial charge in [-0.2, -0.15) is 0 Å². The van der Waals surface area contributed by atoms with Gasteiger partial charge in [-0.3, -0.25) is 4.79 Å². The molecule has 1 saturated heterocycles. The number of allylic oxidation sites excluding steroid dienone is 5. The van der Waals surface area contributed by atoms with Gasteiger partial charge >= 0.3 is 0 Å². The van der Waals surface area contributed by atoms with Crippen molar-refractivity contribution >= 4 is 5.91 Å². The zero-order valence-corrected chi connectivity index (χ0v) is 30.2. The summed E-state index contributed by atoms with van der Waals surface area (Å²) >= 11 is 0. The zero-order valence-electron chi connectivity index (χ0n) is 30.2. The molecular weight excluding hydrogens is 610 g/mol. The van der Waals surface area contributed by atoms with Crippen molar-refractivity contribution in [1.29, 1.82) is 0 Å². The van der Waals surface area contributed by atoms with Crippen LogP contribution in [0, 0.1) is 0 Å². The number of rotatable bonds is 30. The third-order valence-corrected chi connectivity index (χ3v) is 8.92. The Hall–Kier alpha value is -1.59. The van der Waals surface area contributed by atoms with E-state index in [1.54, 1.807) is 6.08 Å². The summed E-state index contributed by atoms with van der Waals surface area (Å²) in [6.07, 6.45) is 29.4. The monoisotopic (exact) mass is 682 g/mol. The fourth-order valence-electron chi connectivity index (χ4n) is 5.82. The molecule has 48 heavy (non-hydrogen) atoms. The van der Waals surface area contributed by atoms with E-state index in [4.69, 9.17) is 9.47 Å². The number of carbonyl (C=O) groups excluding carboxylic acids is 1. The van der Waals surface area contributed by atoms with Gasteiger partial charge in [0, 0.05) is 6.42 Å². The Morgan fingerprint density at radius 3 is 1.71 bits per heavy atom. The second kappa shape index (κ2) is 30.3. The standard InChI is InChI=1S/C39H71NO8/c1-3-5-6-7-8-9-10-11-12-13-14-15-16-17-18-19-20-21-22-23-24-25-26-27-29-33(42)32(40-35(43)28-4-2)31-47-39-38(46)37(45)36(44)34(30-41)48-39/h19-20,23-24,27,29,32-34,36-39,41-42,44-46H,3-18,21-22,25-26,28,30-31H2,1-2H3,(H,40,43)/b20-19+,24-23+,29-27+. The molecule has 7 atom stereocenters. The average Bonchev–Trinajstić information content (AvgIpc) is 3.08. The number of ether oxygens (including phenoxy) is 2. The molecule has 6 N–H and O–H groups in total. The van der Waals surface area contributed by atoms with E-state index in [-0.39, 0.29) is 18.9 Å². The maximum atomic E-state index is 12.2. The van der Waals surface area contributed by atoms with Crippen molar-refractivity contribution in [2.75, 3.05) is 13.2 Å². The van der Waals surface area contributed by atoms with E-state index in [0.717, 1.165) is 25.7 Å². The molecule has 1 heterocycles. The molecule has 7 unspecified atom stereocenters. The summed E-state index contributed by atoms with van der Waals surface area (Å²) in [5.41, 5.74) is 0. The molecule has 0 spiro atoms. The largest absolute Gasteiger partial charge is 0.394 e. The number of hydrogen-bond donors (Lipinski definition) is 6. The molecular formula is C39H71NO8. The topological polar surface area (TPSA) is 149 Å². The van der Waals surface area contributed by atoms with Gasteiger partial charge in [0.2, 0.25) is 5.91 Å². The van der Waals surface area contributed by atoms with E-state index in [0.29, 0.717) is 6.42 Å². The van der Waals surface area contributed by atoms with Crippen molar-refractivity contribution in [3.05, 3.63) is 36.5 Å². The molecule has 0 radical (unpaired) electrons. The highest BCUT2D eigenvalue weighted by molar-refractivity contribution is 5.76. The second-order valence-electron chi connectivity index (χ2n) is 13.4. The van der Waals surface area contributed by atoms with Gasteiger partial charge in [-0.1, -0.05) is 134 Å². The minimum Gasteiger partial charge on any atom is -0.394 e. The van der Waals surface area contributed by atoms with Crippen LogP contribution in [-0.4, -0.2) is 87.5 Å². The third-order valence-electron chi connectivity index (χ3n) is 8.92. The Morgan fingerprint density at radius 1 is 0.688 bits per heavy atom. The summed E-state index contributed by atoms with van der Waals surface area (Å²) in [4.78, 5) is 12.2. The Bertz CT molecular complexity index is 848. The quantitative estimate of drug-likeness (QED) is 0.0370. The van der Waals surface area contributed by atoms with Crippen LogP contribution < -0.4 is 5.32 Å². The molecule has 1 rings (SSSR count). The van der Waals surface area contributed by atoms with E-state index in [9.17, 15) is 30.3 Å². The van der Waals surface area contributed by atoms with Crippen LogP contribution in [0.1, 0.15) is 149 Å². The molecule has 0 bridgehead atoms. The van der Waals surface area contributed by atoms with Crippen LogP contribution in [0.4, 0.5) is 0 Å². The first kappa shape index (κ1) is 44.4. The number of nitrogens with one attached hydrogen (secondary N) is 1. The van der Waals surface area contributed by atoms with Crippen LogP contribution in [0.25, 0.3) is 0 Å². The molecule has 0 aromatic heterocycles. The molecule has 9 nitrogen and oxygen atoms in total. The number of aliphatic hydroxyl groups excluding tert-OH is 5. The highest BCUT2D eigenvalue weighted by Gasteiger charge is 2.44. The summed E-state index contributed by atoms with van der Waals surface area (Å²) in [6.45, 7) is 3.37. The Morgan fingerprint density at radius 2 is 1.19 bits per heavy atom. The van der Waals surface area contributed by atoms with Crippen LogP contribution >= 0.6 is 0 Å². The number of aliphatic hydroxyl groups is 5. The summed E-state index contributed by atoms with van der Waals surface area (Å²) in [7, 11) is 0. The van der Waals surface area contributed by atoms with Crippen LogP contribution in [0.5, 0.6) is 0 Å². The molecule has 280 valence electrons. The second-order valence-corrected chi connectivity index (χ2v) is 13.4. The van der Waals surface area contributed by atoms with Crippen molar-refractivity contribution in [1.82, 2.24) is 5.32 Å². The maximum absolute atomic E-state index is 12.2. The fourth-order valence-corrected chi connectivity index (χ4v) is 5.82. The number of unbranched alkanes of at least 4 members (excludes halogenated alkanes) is 16. The van der Waals surface area contributed by atoms with Gasteiger partial charge in [0.25, 0.3) is 0 Å². The molecule has 0 aliphatic carbocycles. The van der Waals surface area contributed by atoms with Crippen LogP contribution in [0.2, 0.25) is 0 Å². The molecule has 0 aromatic rings. The minimum atomic E-state index is -1.57. The Balaban J connectivity index is 2.18. The lowest BCUT2D eigenvalue weighted by Crippen LogP contribution is -2.60. The molecule has 9 heteroatoms. The van der Waals surface area contributed by atoms with Crippen LogP contribution in [0.15, 0.2) is 36.5 Å². The van der Waals surface area contributed by atoms with Gasteiger partial charge in [0.05, 0.1) is 25.4 Å². The molecule has 1 fully saturated rings. The normalized spacial score (nSPS) is 23.0. The first-order valence-corrected chi connectivity index (χ1v) is 19.2. The lowest BCUT2D eigenvalue weighted by molar-refractivity contribution is -0.302. The summed E-state index contributed by atoms with van der Waals surface area (Å²) in [6, 6.07) is -0.820. The fraction of sp³-hybridized carbons (Fsp3) is 0.821. The highest BCUT2D eigenvalue weighted by atomic mass is 16.7. The van der Waals surface area contributed by atoms with E-state index in [1.165, 1.54) is 96.3 Å². The summed E-state index contributed by atoms with van der Waals surface area (Å²) < 4.78 is 11.0. The summed E-state index contributed by atoms with van der Waals surface area (Å²) in [5, 5.41) is 53.1. The van der Waals surface area contributed by atoms with Crippen molar-refractivity contribution in [2.24, 2.45) is 0 Å². The van der Waals surface area contributed by atoms with Crippen LogP contribution in [-0.2, 0) is 14.3 Å². The number of amides is 1. The van der Waals surface area contributed by atoms with Gasteiger partial charge in [0.15, 0.2) is 6.29 Å². The van der Waals surface area contributed by atoms with Crippen LogP contribution in [0.3, 0.4) is 0 Å². The smallest absolute Gasteiger partial charge is 0.220 e. The minimum absolute atomic E-state index is 0.212. The molecule has 1 aliphatic heterocycles. The van der Waals surface area contributed by atoms with Gasteiger partial charge in [-0.25, -0.2) is 0 Å². The van der Waals surface area contributed by atoms with Crippen molar-refractivity contribution in [3.63, 3.8) is 0 Å². The first-order valence-electron chi connectivity index (χ1n) is 19.2. The highest BCUT2D eigenvalue weighted by Crippen LogP contribution is 2.22. The van der Waals surface area contributed by atoms with E-state index < -0.39 is 49.5 Å². The first-order chi connectivity index (χ1) is 23.3. The summed E-state index contributed by atoms with van der Waals surface area (Å²) in [5.74, 6) is -0.246. The molecule has 1 aliphatic rings. The Labute approximate surface area is 291 Å². The van der Waals surface area contributed by atoms with Gasteiger partial charge < -0.3 is 40.3 Å². The molecule has 1 amide bonds. The maximum Gasteiger partial charge on any atom is 0.220 e. The zero-order chi connectivity index (χ0) is 35.2. The van der Waals surface area contributed by atoms with Crippen molar-refractivity contribution in [2.45, 2.75) is 192 Å². The van der Waals surface area contributed by atoms with E-state index in [1.807, 2.05) is 13.0 Å². The number of carbonyl (C=O) groups is 1. The number of hydrogen-bond acceptors (Lipinski definition) is 8. The van der Waals surface area contributed by atoms with Gasteiger partial charge in [-0.15, -0.1) is 0 Å². The van der Waals surface area contributed by atoms with E-state index in [2.05, 4.69) is 36.5 Å². The van der Waals surface area contributed by atoms with E-state index >= 15 is 0 Å². The predicted molar refractivity (Wildman–Crippen MR) is 193 cm³/mol. The average molecular weight is 682 g/mol. The van der Waals surface area contributed by atoms with Gasteiger partial charge in [-0.05, 0) is 44.9 Å². The lowest BCUT2D eigenvalue weighted by atomic mass is 9.99. The van der Waals surface area contributed by atoms with Crippen molar-refractivity contribution < 1.29 is 39.8 Å². The molecule has 0 aromatic carbocycles.